The van der Waals surface area contributed by atoms with Crippen LogP contribution in [0.2, 0.25) is 0 Å². The van der Waals surface area contributed by atoms with Crippen molar-refractivity contribution in [1.29, 1.82) is 0 Å². The Balaban J connectivity index is 1.47. The number of aryl methyl sites for hydroxylation is 1. The second-order valence-electron chi connectivity index (χ2n) is 10.1. The average molecular weight is 509 g/mol. The summed E-state index contributed by atoms with van der Waals surface area (Å²) >= 11 is 0. The maximum atomic E-state index is 13.8. The highest BCUT2D eigenvalue weighted by atomic mass is 19.4. The summed E-state index contributed by atoms with van der Waals surface area (Å²) in [6, 6.07) is 18.0. The fourth-order valence-electron chi connectivity index (χ4n) is 5.74. The average Bonchev–Trinajstić information content (AvgIpc) is 2.87. The molecule has 8 heteroatoms. The van der Waals surface area contributed by atoms with Crippen LogP contribution in [0.15, 0.2) is 66.9 Å². The Morgan fingerprint density at radius 1 is 1.14 bits per heavy atom. The van der Waals surface area contributed by atoms with Crippen LogP contribution in [0.5, 0.6) is 0 Å². The number of anilines is 1. The van der Waals surface area contributed by atoms with Gasteiger partial charge in [0.25, 0.3) is 5.91 Å². The number of fused-ring (bicyclic) bond motifs is 3. The first-order valence-electron chi connectivity index (χ1n) is 12.3. The van der Waals surface area contributed by atoms with Gasteiger partial charge in [-0.1, -0.05) is 36.4 Å². The number of Topliss-reactive ketones (excluding diaryl/α,β-unsaturated/α-hetero) is 1. The van der Waals surface area contributed by atoms with Crippen LogP contribution >= 0.6 is 0 Å². The Morgan fingerprint density at radius 2 is 1.89 bits per heavy atom. The SMILES string of the molecule is Cc1ncccc1N(Cc1ccccc1)C(=O)c1ccc2c(c1)C(=O)CC1CC(O)(C(F)(F)F)CCC21. The molecule has 0 aliphatic heterocycles. The van der Waals surface area contributed by atoms with Crippen molar-refractivity contribution in [2.75, 3.05) is 4.90 Å². The molecule has 0 spiro atoms. The van der Waals surface area contributed by atoms with E-state index in [-0.39, 0.29) is 30.4 Å². The molecule has 0 saturated heterocycles. The van der Waals surface area contributed by atoms with Crippen molar-refractivity contribution >= 4 is 17.4 Å². The quantitative estimate of drug-likeness (QED) is 0.469. The fraction of sp³-hybridized carbons (Fsp3) is 0.345. The molecule has 5 nitrogen and oxygen atoms in total. The van der Waals surface area contributed by atoms with Gasteiger partial charge in [0, 0.05) is 23.7 Å². The molecule has 2 aromatic carbocycles. The van der Waals surface area contributed by atoms with Crippen LogP contribution < -0.4 is 4.90 Å². The molecule has 0 bridgehead atoms. The van der Waals surface area contributed by atoms with Gasteiger partial charge in [-0.15, -0.1) is 0 Å². The van der Waals surface area contributed by atoms with Gasteiger partial charge in [-0.25, -0.2) is 0 Å². The van der Waals surface area contributed by atoms with Crippen LogP contribution in [-0.4, -0.2) is 33.6 Å². The molecule has 2 aliphatic rings. The van der Waals surface area contributed by atoms with E-state index in [0.717, 1.165) is 5.56 Å². The Bertz CT molecular complexity index is 1340. The summed E-state index contributed by atoms with van der Waals surface area (Å²) in [5.74, 6) is -1.45. The molecule has 1 saturated carbocycles. The van der Waals surface area contributed by atoms with Crippen LogP contribution in [0.3, 0.4) is 0 Å². The Morgan fingerprint density at radius 3 is 2.59 bits per heavy atom. The van der Waals surface area contributed by atoms with Crippen LogP contribution in [0.4, 0.5) is 18.9 Å². The standard InChI is InChI=1S/C29H27F3N2O3/c1-18-25(8-5-13-33-18)34(17-19-6-3-2-4-7-19)27(36)20-9-10-23-22-11-12-28(37,29(30,31)32)16-21(22)15-26(35)24(23)14-20/h2-10,13-14,21-22,37H,11-12,15-17H2,1H3. The zero-order chi connectivity index (χ0) is 26.4. The van der Waals surface area contributed by atoms with Crippen LogP contribution in [-0.2, 0) is 6.54 Å². The van der Waals surface area contributed by atoms with Gasteiger partial charge in [0.05, 0.1) is 17.9 Å². The van der Waals surface area contributed by atoms with Crippen molar-refractivity contribution in [3.05, 3.63) is 94.8 Å². The minimum atomic E-state index is -4.73. The zero-order valence-corrected chi connectivity index (χ0v) is 20.3. The first-order chi connectivity index (χ1) is 17.6. The summed E-state index contributed by atoms with van der Waals surface area (Å²) < 4.78 is 40.3. The van der Waals surface area contributed by atoms with E-state index in [0.29, 0.717) is 34.6 Å². The lowest BCUT2D eigenvalue weighted by atomic mass is 9.63. The number of pyridine rings is 1. The van der Waals surface area contributed by atoms with Crippen LogP contribution in [0.1, 0.15) is 69.1 Å². The minimum absolute atomic E-state index is 0.0802. The minimum Gasteiger partial charge on any atom is -0.380 e. The molecule has 3 unspecified atom stereocenters. The molecule has 1 aromatic heterocycles. The van der Waals surface area contributed by atoms with Crippen molar-refractivity contribution in [1.82, 2.24) is 4.98 Å². The lowest BCUT2D eigenvalue weighted by molar-refractivity contribution is -0.275. The Kier molecular flexibility index (Phi) is 6.40. The first kappa shape index (κ1) is 25.1. The molecule has 1 fully saturated rings. The second-order valence-corrected chi connectivity index (χ2v) is 10.1. The third kappa shape index (κ3) is 4.66. The van der Waals surface area contributed by atoms with Gasteiger partial charge < -0.3 is 10.0 Å². The molecule has 2 aliphatic carbocycles. The van der Waals surface area contributed by atoms with E-state index in [9.17, 15) is 27.9 Å². The number of carbonyl (C=O) groups excluding carboxylic acids is 2. The van der Waals surface area contributed by atoms with Gasteiger partial charge in [-0.2, -0.15) is 13.2 Å². The second kappa shape index (κ2) is 9.41. The molecule has 1 N–H and O–H groups in total. The summed E-state index contributed by atoms with van der Waals surface area (Å²) in [7, 11) is 0. The number of hydrogen-bond acceptors (Lipinski definition) is 4. The molecular weight excluding hydrogens is 481 g/mol. The highest BCUT2D eigenvalue weighted by Crippen LogP contribution is 2.52. The number of rotatable bonds is 4. The number of carbonyl (C=O) groups is 2. The smallest absolute Gasteiger partial charge is 0.380 e. The molecule has 5 rings (SSSR count). The molecule has 3 atom stereocenters. The van der Waals surface area contributed by atoms with E-state index in [1.54, 1.807) is 35.4 Å². The van der Waals surface area contributed by atoms with Gasteiger partial charge in [-0.3, -0.25) is 14.6 Å². The van der Waals surface area contributed by atoms with Gasteiger partial charge >= 0.3 is 6.18 Å². The Hall–Kier alpha value is -3.52. The summed E-state index contributed by atoms with van der Waals surface area (Å²) in [6.45, 7) is 2.13. The lowest BCUT2D eigenvalue weighted by Crippen LogP contribution is -2.51. The molecule has 3 aromatic rings. The van der Waals surface area contributed by atoms with Crippen molar-refractivity contribution in [3.8, 4) is 0 Å². The maximum absolute atomic E-state index is 13.8. The number of halogens is 3. The summed E-state index contributed by atoms with van der Waals surface area (Å²) in [5, 5.41) is 10.2. The number of aliphatic hydroxyl groups is 1. The van der Waals surface area contributed by atoms with Gasteiger partial charge in [-0.05, 0) is 73.4 Å². The summed E-state index contributed by atoms with van der Waals surface area (Å²) in [6.07, 6.45) is -3.92. The van der Waals surface area contributed by atoms with Crippen LogP contribution in [0, 0.1) is 12.8 Å². The predicted octanol–water partition coefficient (Wildman–Crippen LogP) is 6.00. The largest absolute Gasteiger partial charge is 0.417 e. The number of ketones is 1. The van der Waals surface area contributed by atoms with E-state index in [1.165, 1.54) is 0 Å². The molecule has 0 radical (unpaired) electrons. The predicted molar refractivity (Wildman–Crippen MR) is 132 cm³/mol. The topological polar surface area (TPSA) is 70.5 Å². The highest BCUT2D eigenvalue weighted by Gasteiger charge is 2.58. The van der Waals surface area contributed by atoms with Crippen molar-refractivity contribution in [2.45, 2.75) is 56.8 Å². The van der Waals surface area contributed by atoms with E-state index < -0.39 is 30.5 Å². The first-order valence-corrected chi connectivity index (χ1v) is 12.3. The monoisotopic (exact) mass is 508 g/mol. The normalized spacial score (nSPS) is 23.2. The zero-order valence-electron chi connectivity index (χ0n) is 20.3. The molecule has 1 amide bonds. The number of alkyl halides is 3. The number of aromatic nitrogens is 1. The van der Waals surface area contributed by atoms with E-state index in [1.807, 2.05) is 43.3 Å². The number of hydrogen-bond donors (Lipinski definition) is 1. The highest BCUT2D eigenvalue weighted by molar-refractivity contribution is 6.08. The van der Waals surface area contributed by atoms with Crippen LogP contribution in [0.25, 0.3) is 0 Å². The summed E-state index contributed by atoms with van der Waals surface area (Å²) in [5.41, 5.74) is 0.868. The number of amides is 1. The number of benzene rings is 2. The summed E-state index contributed by atoms with van der Waals surface area (Å²) in [4.78, 5) is 32.8. The van der Waals surface area contributed by atoms with Crippen molar-refractivity contribution in [3.63, 3.8) is 0 Å². The third-order valence-electron chi connectivity index (χ3n) is 7.71. The van der Waals surface area contributed by atoms with Crippen molar-refractivity contribution in [2.24, 2.45) is 5.92 Å². The van der Waals surface area contributed by atoms with Crippen molar-refractivity contribution < 1.29 is 27.9 Å². The van der Waals surface area contributed by atoms with E-state index >= 15 is 0 Å². The van der Waals surface area contributed by atoms with E-state index in [2.05, 4.69) is 4.98 Å². The molecule has 192 valence electrons. The third-order valence-corrected chi connectivity index (χ3v) is 7.71. The van der Waals surface area contributed by atoms with Gasteiger partial charge in [0.1, 0.15) is 0 Å². The molecule has 1 heterocycles. The molecular formula is C29H27F3N2O3. The van der Waals surface area contributed by atoms with Gasteiger partial charge in [0.15, 0.2) is 11.4 Å². The van der Waals surface area contributed by atoms with Gasteiger partial charge in [0.2, 0.25) is 0 Å². The Labute approximate surface area is 213 Å². The van der Waals surface area contributed by atoms with E-state index in [4.69, 9.17) is 0 Å². The lowest BCUT2D eigenvalue weighted by Gasteiger charge is -2.44. The molecule has 37 heavy (non-hydrogen) atoms. The maximum Gasteiger partial charge on any atom is 0.417 e. The fourth-order valence-corrected chi connectivity index (χ4v) is 5.74. The number of nitrogens with zero attached hydrogens (tertiary/aromatic N) is 2.